The number of hydrogen-bond acceptors (Lipinski definition) is 1. The molecular weight excluding hydrogens is 248 g/mol. The molecule has 0 bridgehead atoms. The van der Waals surface area contributed by atoms with Gasteiger partial charge in [0, 0.05) is 0 Å². The minimum atomic E-state index is -0.692. The van der Waals surface area contributed by atoms with Gasteiger partial charge in [0.25, 0.3) is 0 Å². The summed E-state index contributed by atoms with van der Waals surface area (Å²) >= 11 is 0. The molecular formula is C18H28O2. The van der Waals surface area contributed by atoms with E-state index >= 15 is 0 Å². The standard InChI is InChI=1S/C18H28O2/c1-7-17(13(4)8-14(5)18(19)20)16-9-11(2)15(6)12(3)10-16/h9-10,13-14,17H,7-8H2,1-6H3,(H,19,20). The zero-order chi connectivity index (χ0) is 15.4. The van der Waals surface area contributed by atoms with Crippen LogP contribution in [-0.4, -0.2) is 11.1 Å². The Bertz CT molecular complexity index is 453. The zero-order valence-corrected chi connectivity index (χ0v) is 13.7. The number of hydrogen-bond donors (Lipinski definition) is 1. The number of benzene rings is 1. The molecule has 2 nitrogen and oxygen atoms in total. The molecule has 0 spiro atoms. The van der Waals surface area contributed by atoms with Crippen LogP contribution in [-0.2, 0) is 4.79 Å². The highest BCUT2D eigenvalue weighted by Gasteiger charge is 2.23. The van der Waals surface area contributed by atoms with Gasteiger partial charge >= 0.3 is 5.97 Å². The molecule has 1 aromatic rings. The van der Waals surface area contributed by atoms with Crippen LogP contribution < -0.4 is 0 Å². The molecule has 0 aliphatic rings. The Kier molecular flexibility index (Phi) is 5.79. The van der Waals surface area contributed by atoms with Crippen molar-refractivity contribution in [3.8, 4) is 0 Å². The summed E-state index contributed by atoms with van der Waals surface area (Å²) in [6.07, 6.45) is 1.79. The number of carboxylic acids is 1. The molecule has 0 heterocycles. The summed E-state index contributed by atoms with van der Waals surface area (Å²) in [5.74, 6) is -0.142. The van der Waals surface area contributed by atoms with Gasteiger partial charge in [-0.2, -0.15) is 0 Å². The largest absolute Gasteiger partial charge is 0.481 e. The van der Waals surface area contributed by atoms with E-state index in [1.807, 2.05) is 0 Å². The first-order chi connectivity index (χ1) is 9.27. The third kappa shape index (κ3) is 3.84. The number of carbonyl (C=O) groups is 1. The van der Waals surface area contributed by atoms with Crippen molar-refractivity contribution in [1.82, 2.24) is 0 Å². The fraction of sp³-hybridized carbons (Fsp3) is 0.611. The molecule has 3 atom stereocenters. The van der Waals surface area contributed by atoms with Crippen molar-refractivity contribution in [3.05, 3.63) is 34.4 Å². The van der Waals surface area contributed by atoms with Gasteiger partial charge in [0.05, 0.1) is 5.92 Å². The first-order valence-corrected chi connectivity index (χ1v) is 7.58. The number of aliphatic carboxylic acids is 1. The summed E-state index contributed by atoms with van der Waals surface area (Å²) in [6.45, 7) is 12.6. The van der Waals surface area contributed by atoms with Crippen LogP contribution in [0.25, 0.3) is 0 Å². The van der Waals surface area contributed by atoms with Gasteiger partial charge < -0.3 is 5.11 Å². The van der Waals surface area contributed by atoms with Gasteiger partial charge in [0.2, 0.25) is 0 Å². The average Bonchev–Trinajstić information content (AvgIpc) is 2.36. The Morgan fingerprint density at radius 3 is 2.05 bits per heavy atom. The molecule has 0 aromatic heterocycles. The van der Waals surface area contributed by atoms with Crippen molar-refractivity contribution >= 4 is 5.97 Å². The molecule has 0 saturated heterocycles. The Balaban J connectivity index is 2.98. The SMILES string of the molecule is CCC(c1cc(C)c(C)c(C)c1)C(C)CC(C)C(=O)O. The third-order valence-corrected chi connectivity index (χ3v) is 4.65. The van der Waals surface area contributed by atoms with Crippen LogP contribution in [0, 0.1) is 32.6 Å². The van der Waals surface area contributed by atoms with Crippen molar-refractivity contribution in [1.29, 1.82) is 0 Å². The molecule has 0 aliphatic carbocycles. The van der Waals surface area contributed by atoms with E-state index in [1.165, 1.54) is 22.3 Å². The van der Waals surface area contributed by atoms with E-state index in [4.69, 9.17) is 5.11 Å². The first-order valence-electron chi connectivity index (χ1n) is 7.58. The van der Waals surface area contributed by atoms with E-state index in [0.29, 0.717) is 11.8 Å². The van der Waals surface area contributed by atoms with Gasteiger partial charge in [0.15, 0.2) is 0 Å². The van der Waals surface area contributed by atoms with Crippen LogP contribution in [0.3, 0.4) is 0 Å². The van der Waals surface area contributed by atoms with E-state index in [9.17, 15) is 4.79 Å². The molecule has 0 saturated carbocycles. The lowest BCUT2D eigenvalue weighted by molar-refractivity contribution is -0.141. The summed E-state index contributed by atoms with van der Waals surface area (Å²) in [7, 11) is 0. The normalized spacial score (nSPS) is 15.7. The van der Waals surface area contributed by atoms with E-state index in [1.54, 1.807) is 6.92 Å². The summed E-state index contributed by atoms with van der Waals surface area (Å²) in [5, 5.41) is 9.08. The van der Waals surface area contributed by atoms with Crippen molar-refractivity contribution in [2.75, 3.05) is 0 Å². The number of rotatable bonds is 6. The topological polar surface area (TPSA) is 37.3 Å². The smallest absolute Gasteiger partial charge is 0.306 e. The van der Waals surface area contributed by atoms with Gasteiger partial charge in [-0.3, -0.25) is 4.79 Å². The van der Waals surface area contributed by atoms with Gasteiger partial charge in [-0.25, -0.2) is 0 Å². The van der Waals surface area contributed by atoms with Crippen LogP contribution in [0.15, 0.2) is 12.1 Å². The third-order valence-electron chi connectivity index (χ3n) is 4.65. The summed E-state index contributed by atoms with van der Waals surface area (Å²) in [4.78, 5) is 11.0. The van der Waals surface area contributed by atoms with Crippen molar-refractivity contribution in [2.45, 2.75) is 60.3 Å². The molecule has 0 fully saturated rings. The van der Waals surface area contributed by atoms with Crippen LogP contribution in [0.4, 0.5) is 0 Å². The molecule has 1 aromatic carbocycles. The van der Waals surface area contributed by atoms with Crippen LogP contribution in [0.1, 0.15) is 61.8 Å². The molecule has 0 amide bonds. The van der Waals surface area contributed by atoms with Gasteiger partial charge in [0.1, 0.15) is 0 Å². The maximum atomic E-state index is 11.0. The molecule has 2 heteroatoms. The Hall–Kier alpha value is -1.31. The van der Waals surface area contributed by atoms with Crippen molar-refractivity contribution < 1.29 is 9.90 Å². The van der Waals surface area contributed by atoms with E-state index in [-0.39, 0.29) is 5.92 Å². The Morgan fingerprint density at radius 2 is 1.65 bits per heavy atom. The predicted molar refractivity (Wildman–Crippen MR) is 84.3 cm³/mol. The van der Waals surface area contributed by atoms with Crippen molar-refractivity contribution in [2.24, 2.45) is 11.8 Å². The second-order valence-electron chi connectivity index (χ2n) is 6.25. The van der Waals surface area contributed by atoms with Crippen molar-refractivity contribution in [3.63, 3.8) is 0 Å². The zero-order valence-electron chi connectivity index (χ0n) is 13.7. The number of aryl methyl sites for hydroxylation is 2. The minimum absolute atomic E-state index is 0.272. The van der Waals surface area contributed by atoms with Crippen LogP contribution >= 0.6 is 0 Å². The van der Waals surface area contributed by atoms with Crippen LogP contribution in [0.5, 0.6) is 0 Å². The first kappa shape index (κ1) is 16.7. The quantitative estimate of drug-likeness (QED) is 0.806. The van der Waals surface area contributed by atoms with Gasteiger partial charge in [-0.05, 0) is 67.7 Å². The summed E-state index contributed by atoms with van der Waals surface area (Å²) < 4.78 is 0. The maximum absolute atomic E-state index is 11.0. The highest BCUT2D eigenvalue weighted by Crippen LogP contribution is 2.34. The van der Waals surface area contributed by atoms with E-state index < -0.39 is 5.97 Å². The highest BCUT2D eigenvalue weighted by atomic mass is 16.4. The maximum Gasteiger partial charge on any atom is 0.306 e. The monoisotopic (exact) mass is 276 g/mol. The Labute approximate surface area is 123 Å². The van der Waals surface area contributed by atoms with Gasteiger partial charge in [-0.1, -0.05) is 32.9 Å². The lowest BCUT2D eigenvalue weighted by Crippen LogP contribution is -2.18. The second kappa shape index (κ2) is 6.92. The summed E-state index contributed by atoms with van der Waals surface area (Å²) in [6, 6.07) is 4.55. The van der Waals surface area contributed by atoms with Gasteiger partial charge in [-0.15, -0.1) is 0 Å². The molecule has 112 valence electrons. The fourth-order valence-electron chi connectivity index (χ4n) is 3.07. The summed E-state index contributed by atoms with van der Waals surface area (Å²) in [5.41, 5.74) is 5.38. The molecule has 20 heavy (non-hydrogen) atoms. The molecule has 0 radical (unpaired) electrons. The van der Waals surface area contributed by atoms with Crippen LogP contribution in [0.2, 0.25) is 0 Å². The van der Waals surface area contributed by atoms with E-state index in [2.05, 4.69) is 46.8 Å². The fourth-order valence-corrected chi connectivity index (χ4v) is 3.07. The lowest BCUT2D eigenvalue weighted by Gasteiger charge is -2.26. The van der Waals surface area contributed by atoms with E-state index in [0.717, 1.165) is 12.8 Å². The molecule has 3 unspecified atom stereocenters. The molecule has 1 N–H and O–H groups in total. The average molecular weight is 276 g/mol. The molecule has 0 aliphatic heterocycles. The number of carboxylic acid groups (broad SMARTS) is 1. The highest BCUT2D eigenvalue weighted by molar-refractivity contribution is 5.69. The molecule has 1 rings (SSSR count). The minimum Gasteiger partial charge on any atom is -0.481 e. The predicted octanol–water partition coefficient (Wildman–Crippen LogP) is 4.85. The Morgan fingerprint density at radius 1 is 1.15 bits per heavy atom. The lowest BCUT2D eigenvalue weighted by atomic mass is 9.79. The second-order valence-corrected chi connectivity index (χ2v) is 6.25.